The molecule has 0 unspecified atom stereocenters. The van der Waals surface area contributed by atoms with Gasteiger partial charge in [-0.3, -0.25) is 4.99 Å². The molecule has 0 bridgehead atoms. The molecule has 8 heteroatoms. The third-order valence-corrected chi connectivity index (χ3v) is 4.39. The van der Waals surface area contributed by atoms with E-state index in [1.807, 2.05) is 0 Å². The molecule has 1 aromatic heterocycles. The molecule has 0 atom stereocenters. The Labute approximate surface area is 145 Å². The fourth-order valence-electron chi connectivity index (χ4n) is 2.94. The Morgan fingerprint density at radius 2 is 1.50 bits per heavy atom. The summed E-state index contributed by atoms with van der Waals surface area (Å²) in [4.78, 5) is 8.23. The first-order valence-electron chi connectivity index (χ1n) is 7.79. The normalized spacial score (nSPS) is 17.7. The highest BCUT2D eigenvalue weighted by Gasteiger charge is 2.55. The van der Waals surface area contributed by atoms with Gasteiger partial charge >= 0.3 is 5.92 Å². The van der Waals surface area contributed by atoms with Crippen molar-refractivity contribution < 1.29 is 17.6 Å². The van der Waals surface area contributed by atoms with Crippen LogP contribution in [-0.2, 0) is 5.92 Å². The van der Waals surface area contributed by atoms with E-state index in [2.05, 4.69) is 20.2 Å². The summed E-state index contributed by atoms with van der Waals surface area (Å²) < 4.78 is 58.3. The maximum absolute atomic E-state index is 14.8. The zero-order valence-corrected chi connectivity index (χ0v) is 13.8. The van der Waals surface area contributed by atoms with Crippen molar-refractivity contribution in [2.45, 2.75) is 25.3 Å². The molecule has 1 aliphatic rings. The molecule has 26 heavy (non-hydrogen) atoms. The van der Waals surface area contributed by atoms with Gasteiger partial charge in [-0.15, -0.1) is 10.2 Å². The second kappa shape index (κ2) is 5.30. The highest BCUT2D eigenvalue weighted by atomic mass is 19.3. The molecule has 0 spiro atoms. The molecule has 0 saturated carbocycles. The minimum Gasteiger partial charge on any atom is -0.268 e. The number of aromatic nitrogens is 3. The summed E-state index contributed by atoms with van der Waals surface area (Å²) in [5.74, 6) is -6.08. The number of rotatable bonds is 1. The number of hydrogen-bond donors (Lipinski definition) is 0. The van der Waals surface area contributed by atoms with Gasteiger partial charge in [-0.25, -0.2) is 13.8 Å². The van der Waals surface area contributed by atoms with Crippen LogP contribution in [0.5, 0.6) is 0 Å². The lowest BCUT2D eigenvalue weighted by Crippen LogP contribution is -2.45. The zero-order chi connectivity index (χ0) is 18.7. The molecule has 1 aliphatic heterocycles. The van der Waals surface area contributed by atoms with Crippen LogP contribution in [0.3, 0.4) is 0 Å². The summed E-state index contributed by atoms with van der Waals surface area (Å²) in [7, 11) is 0. The molecule has 0 N–H and O–H groups in total. The average molecular weight is 360 g/mol. The quantitative estimate of drug-likeness (QED) is 0.616. The van der Waals surface area contributed by atoms with Crippen LogP contribution >= 0.6 is 0 Å². The summed E-state index contributed by atoms with van der Waals surface area (Å²) in [6.45, 7) is 2.30. The van der Waals surface area contributed by atoms with Gasteiger partial charge in [0.25, 0.3) is 0 Å². The topological polar surface area (TPSA) is 51.0 Å². The molecule has 4 nitrogen and oxygen atoms in total. The fraction of sp³-hybridized carbons (Fsp3) is 0.222. The SMILES string of the molecule is CC1(C)N=C(c2nnc3ccccc3n2)c2c(F)ccc(F)c2C1(F)F. The molecule has 0 radical (unpaired) electrons. The molecule has 0 fully saturated rings. The smallest absolute Gasteiger partial charge is 0.268 e. The third-order valence-electron chi connectivity index (χ3n) is 4.39. The van der Waals surface area contributed by atoms with E-state index in [0.29, 0.717) is 17.1 Å². The van der Waals surface area contributed by atoms with E-state index in [9.17, 15) is 17.6 Å². The summed E-state index contributed by atoms with van der Waals surface area (Å²) in [5, 5.41) is 7.86. The molecule has 2 aromatic carbocycles. The molecular weight excluding hydrogens is 348 g/mol. The van der Waals surface area contributed by atoms with Crippen molar-refractivity contribution >= 4 is 16.7 Å². The lowest BCUT2D eigenvalue weighted by atomic mass is 9.82. The predicted octanol–water partition coefficient (Wildman–Crippen LogP) is 4.02. The minimum atomic E-state index is -3.71. The number of alkyl halides is 2. The van der Waals surface area contributed by atoms with Crippen LogP contribution in [0.4, 0.5) is 17.6 Å². The van der Waals surface area contributed by atoms with Crippen LogP contribution in [0.25, 0.3) is 11.0 Å². The molecular formula is C18H12F4N4. The van der Waals surface area contributed by atoms with Crippen molar-refractivity contribution in [3.05, 3.63) is 65.0 Å². The monoisotopic (exact) mass is 360 g/mol. The standard InChI is InChI=1S/C18H12F4N4/c1-17(2)18(21,22)14-10(20)8-7-9(19)13(14)15(24-17)16-23-11-5-3-4-6-12(11)25-26-16/h3-8H,1-2H3. The second-order valence-corrected chi connectivity index (χ2v) is 6.50. The van der Waals surface area contributed by atoms with Crippen LogP contribution < -0.4 is 0 Å². The molecule has 0 saturated heterocycles. The van der Waals surface area contributed by atoms with Crippen LogP contribution in [0, 0.1) is 11.6 Å². The van der Waals surface area contributed by atoms with E-state index in [4.69, 9.17) is 0 Å². The van der Waals surface area contributed by atoms with E-state index in [1.54, 1.807) is 24.3 Å². The number of hydrogen-bond acceptors (Lipinski definition) is 4. The van der Waals surface area contributed by atoms with Crippen molar-refractivity contribution in [3.8, 4) is 0 Å². The zero-order valence-electron chi connectivity index (χ0n) is 13.8. The van der Waals surface area contributed by atoms with Crippen molar-refractivity contribution in [2.24, 2.45) is 4.99 Å². The summed E-state index contributed by atoms with van der Waals surface area (Å²) in [6.07, 6.45) is 0. The molecule has 132 valence electrons. The van der Waals surface area contributed by atoms with Gasteiger partial charge in [0, 0.05) is 0 Å². The Hall–Kier alpha value is -2.90. The third kappa shape index (κ3) is 2.21. The molecule has 2 heterocycles. The van der Waals surface area contributed by atoms with E-state index < -0.39 is 34.2 Å². The molecule has 0 amide bonds. The Balaban J connectivity index is 2.05. The largest absolute Gasteiger partial charge is 0.300 e. The van der Waals surface area contributed by atoms with E-state index in [0.717, 1.165) is 19.9 Å². The van der Waals surface area contributed by atoms with Gasteiger partial charge in [-0.05, 0) is 38.1 Å². The van der Waals surface area contributed by atoms with Crippen molar-refractivity contribution in [1.82, 2.24) is 15.2 Å². The summed E-state index contributed by atoms with van der Waals surface area (Å²) in [6, 6.07) is 8.25. The number of aliphatic imine (C=N–C) groups is 1. The molecule has 0 aliphatic carbocycles. The first kappa shape index (κ1) is 16.6. The fourth-order valence-corrected chi connectivity index (χ4v) is 2.94. The Kier molecular flexibility index (Phi) is 3.37. The first-order chi connectivity index (χ1) is 12.2. The molecule has 4 rings (SSSR count). The van der Waals surface area contributed by atoms with Gasteiger partial charge in [0.05, 0.1) is 16.6 Å². The number of fused-ring (bicyclic) bond motifs is 2. The van der Waals surface area contributed by atoms with E-state index in [1.165, 1.54) is 0 Å². The number of para-hydroxylation sites is 1. The molecule has 3 aromatic rings. The van der Waals surface area contributed by atoms with Crippen LogP contribution in [-0.4, -0.2) is 26.4 Å². The summed E-state index contributed by atoms with van der Waals surface area (Å²) >= 11 is 0. The van der Waals surface area contributed by atoms with Gasteiger partial charge in [0.15, 0.2) is 0 Å². The number of halogens is 4. The second-order valence-electron chi connectivity index (χ2n) is 6.50. The maximum Gasteiger partial charge on any atom is 0.300 e. The number of benzene rings is 2. The van der Waals surface area contributed by atoms with E-state index in [-0.39, 0.29) is 11.5 Å². The van der Waals surface area contributed by atoms with Crippen molar-refractivity contribution in [1.29, 1.82) is 0 Å². The van der Waals surface area contributed by atoms with Crippen LogP contribution in [0.2, 0.25) is 0 Å². The average Bonchev–Trinajstić information content (AvgIpc) is 2.60. The van der Waals surface area contributed by atoms with Gasteiger partial charge in [-0.1, -0.05) is 12.1 Å². The van der Waals surface area contributed by atoms with Crippen LogP contribution in [0.15, 0.2) is 41.4 Å². The van der Waals surface area contributed by atoms with Gasteiger partial charge in [0.1, 0.15) is 28.4 Å². The number of nitrogens with zero attached hydrogens (tertiary/aromatic N) is 4. The minimum absolute atomic E-state index is 0.141. The Morgan fingerprint density at radius 3 is 2.23 bits per heavy atom. The summed E-state index contributed by atoms with van der Waals surface area (Å²) in [5.41, 5.74) is -3.01. The predicted molar refractivity (Wildman–Crippen MR) is 87.3 cm³/mol. The highest BCUT2D eigenvalue weighted by Crippen LogP contribution is 2.48. The lowest BCUT2D eigenvalue weighted by Gasteiger charge is -2.36. The van der Waals surface area contributed by atoms with Gasteiger partial charge in [-0.2, -0.15) is 8.78 Å². The van der Waals surface area contributed by atoms with E-state index >= 15 is 0 Å². The Bertz CT molecular complexity index is 1080. The lowest BCUT2D eigenvalue weighted by molar-refractivity contribution is -0.0713. The van der Waals surface area contributed by atoms with Gasteiger partial charge < -0.3 is 0 Å². The van der Waals surface area contributed by atoms with Crippen LogP contribution in [0.1, 0.15) is 30.8 Å². The Morgan fingerprint density at radius 1 is 0.846 bits per heavy atom. The highest BCUT2D eigenvalue weighted by molar-refractivity contribution is 6.13. The van der Waals surface area contributed by atoms with Crippen molar-refractivity contribution in [2.75, 3.05) is 0 Å². The van der Waals surface area contributed by atoms with Gasteiger partial charge in [0.2, 0.25) is 5.82 Å². The van der Waals surface area contributed by atoms with Crippen molar-refractivity contribution in [3.63, 3.8) is 0 Å². The maximum atomic E-state index is 14.8. The first-order valence-corrected chi connectivity index (χ1v) is 7.79.